The Morgan fingerprint density at radius 2 is 1.88 bits per heavy atom. The number of amides is 1. The molecule has 0 unspecified atom stereocenters. The number of hydrogen-bond acceptors (Lipinski definition) is 4. The third kappa shape index (κ3) is 3.51. The lowest BCUT2D eigenvalue weighted by Gasteiger charge is -2.29. The van der Waals surface area contributed by atoms with Gasteiger partial charge in [0.15, 0.2) is 0 Å². The minimum Gasteiger partial charge on any atom is -0.444 e. The number of benzene rings is 1. The van der Waals surface area contributed by atoms with Gasteiger partial charge in [-0.1, -0.05) is 11.6 Å². The number of carbonyl (C=O) groups is 1. The maximum absolute atomic E-state index is 12.4. The molecule has 0 aliphatic carbocycles. The van der Waals surface area contributed by atoms with E-state index in [4.69, 9.17) is 22.1 Å². The van der Waals surface area contributed by atoms with Gasteiger partial charge in [0, 0.05) is 23.6 Å². The van der Waals surface area contributed by atoms with Crippen LogP contribution in [0.2, 0.25) is 5.02 Å². The second-order valence-electron chi connectivity index (χ2n) is 7.77. The molecule has 1 aliphatic heterocycles. The van der Waals surface area contributed by atoms with Crippen LogP contribution in [0, 0.1) is 13.8 Å². The number of halogens is 1. The lowest BCUT2D eigenvalue weighted by molar-refractivity contribution is 0.0224. The van der Waals surface area contributed by atoms with Crippen molar-refractivity contribution >= 4 is 23.5 Å². The Hall–Kier alpha value is -2.21. The summed E-state index contributed by atoms with van der Waals surface area (Å²) >= 11 is 6.27. The van der Waals surface area contributed by atoms with E-state index in [1.807, 2.05) is 46.8 Å². The van der Waals surface area contributed by atoms with Gasteiger partial charge in [0.05, 0.1) is 17.9 Å². The van der Waals surface area contributed by atoms with Gasteiger partial charge in [0.2, 0.25) is 0 Å². The predicted octanol–water partition coefficient (Wildman–Crippen LogP) is 4.02. The van der Waals surface area contributed by atoms with E-state index in [0.29, 0.717) is 25.3 Å². The van der Waals surface area contributed by atoms with Crippen LogP contribution in [0.5, 0.6) is 0 Å². The van der Waals surface area contributed by atoms with Gasteiger partial charge in [-0.05, 0) is 57.9 Å². The zero-order valence-electron chi connectivity index (χ0n) is 15.9. The molecule has 7 heteroatoms. The molecule has 1 amide bonds. The highest BCUT2D eigenvalue weighted by Crippen LogP contribution is 2.30. The van der Waals surface area contributed by atoms with Crippen molar-refractivity contribution in [1.29, 1.82) is 0 Å². The maximum atomic E-state index is 12.4. The van der Waals surface area contributed by atoms with E-state index < -0.39 is 5.60 Å². The molecule has 0 radical (unpaired) electrons. The molecule has 140 valence electrons. The molecule has 1 aromatic carbocycles. The van der Waals surface area contributed by atoms with E-state index in [2.05, 4.69) is 5.10 Å². The topological polar surface area (TPSA) is 73.4 Å². The first-order chi connectivity index (χ1) is 12.1. The van der Waals surface area contributed by atoms with Gasteiger partial charge in [-0.2, -0.15) is 5.10 Å². The molecule has 2 aromatic rings. The SMILES string of the molecule is Cc1cc(-n2nc3c(c2N)CN(C(=O)OC(C)(C)C)CC3)cc(C)c1Cl. The number of aromatic nitrogens is 2. The highest BCUT2D eigenvalue weighted by atomic mass is 35.5. The van der Waals surface area contributed by atoms with Gasteiger partial charge in [-0.3, -0.25) is 0 Å². The molecule has 0 saturated carbocycles. The van der Waals surface area contributed by atoms with Gasteiger partial charge in [0.25, 0.3) is 0 Å². The highest BCUT2D eigenvalue weighted by molar-refractivity contribution is 6.32. The van der Waals surface area contributed by atoms with E-state index >= 15 is 0 Å². The first-order valence-electron chi connectivity index (χ1n) is 8.68. The van der Waals surface area contributed by atoms with Crippen molar-refractivity contribution in [3.63, 3.8) is 0 Å². The number of nitrogen functional groups attached to an aromatic ring is 1. The second-order valence-corrected chi connectivity index (χ2v) is 8.15. The largest absolute Gasteiger partial charge is 0.444 e. The summed E-state index contributed by atoms with van der Waals surface area (Å²) in [4.78, 5) is 14.0. The molecule has 0 saturated heterocycles. The molecular weight excluding hydrogens is 352 g/mol. The molecule has 26 heavy (non-hydrogen) atoms. The van der Waals surface area contributed by atoms with Crippen molar-refractivity contribution in [1.82, 2.24) is 14.7 Å². The average molecular weight is 377 g/mol. The molecule has 1 aliphatic rings. The number of ether oxygens (including phenoxy) is 1. The molecular formula is C19H25ClN4O2. The van der Waals surface area contributed by atoms with E-state index in [9.17, 15) is 4.79 Å². The zero-order valence-corrected chi connectivity index (χ0v) is 16.6. The summed E-state index contributed by atoms with van der Waals surface area (Å²) in [6.07, 6.45) is 0.325. The zero-order chi connectivity index (χ0) is 19.2. The Labute approximate surface area is 158 Å². The summed E-state index contributed by atoms with van der Waals surface area (Å²) < 4.78 is 7.21. The average Bonchev–Trinajstić information content (AvgIpc) is 2.87. The number of aryl methyl sites for hydroxylation is 2. The molecule has 2 heterocycles. The van der Waals surface area contributed by atoms with Crippen LogP contribution in [-0.2, 0) is 17.7 Å². The normalized spacial score (nSPS) is 14.3. The summed E-state index contributed by atoms with van der Waals surface area (Å²) in [5.74, 6) is 0.550. The quantitative estimate of drug-likeness (QED) is 0.815. The van der Waals surface area contributed by atoms with Crippen molar-refractivity contribution in [2.24, 2.45) is 0 Å². The molecule has 6 nitrogen and oxygen atoms in total. The van der Waals surface area contributed by atoms with Crippen molar-refractivity contribution in [3.05, 3.63) is 39.5 Å². The number of nitrogens with zero attached hydrogens (tertiary/aromatic N) is 3. The summed E-state index contributed by atoms with van der Waals surface area (Å²) in [7, 11) is 0. The van der Waals surface area contributed by atoms with Crippen molar-refractivity contribution in [3.8, 4) is 5.69 Å². The minimum absolute atomic E-state index is 0.325. The van der Waals surface area contributed by atoms with Crippen molar-refractivity contribution < 1.29 is 9.53 Å². The third-order valence-electron chi connectivity index (χ3n) is 4.39. The number of nitrogens with two attached hydrogens (primary N) is 1. The van der Waals surface area contributed by atoms with Crippen LogP contribution in [0.15, 0.2) is 12.1 Å². The monoisotopic (exact) mass is 376 g/mol. The van der Waals surface area contributed by atoms with E-state index in [1.54, 1.807) is 9.58 Å². The van der Waals surface area contributed by atoms with Crippen molar-refractivity contribution in [2.75, 3.05) is 12.3 Å². The number of anilines is 1. The molecule has 0 fully saturated rings. The Bertz CT molecular complexity index is 844. The fraction of sp³-hybridized carbons (Fsp3) is 0.474. The Kier molecular flexibility index (Phi) is 4.65. The smallest absolute Gasteiger partial charge is 0.410 e. The number of hydrogen-bond donors (Lipinski definition) is 1. The van der Waals surface area contributed by atoms with Crippen LogP contribution in [-0.4, -0.2) is 32.9 Å². The standard InChI is InChI=1S/C19H25ClN4O2/c1-11-8-13(9-12(2)16(11)20)24-17(21)14-10-23(7-6-15(14)22-24)18(25)26-19(3,4)5/h8-9H,6-7,10,21H2,1-5H3. The van der Waals surface area contributed by atoms with Crippen LogP contribution in [0.25, 0.3) is 5.69 Å². The Balaban J connectivity index is 1.91. The molecule has 3 rings (SSSR count). The summed E-state index contributed by atoms with van der Waals surface area (Å²) in [5.41, 5.74) is 10.5. The van der Waals surface area contributed by atoms with Gasteiger partial charge < -0.3 is 15.4 Å². The molecule has 0 spiro atoms. The van der Waals surface area contributed by atoms with Crippen LogP contribution >= 0.6 is 11.6 Å². The Morgan fingerprint density at radius 3 is 2.46 bits per heavy atom. The van der Waals surface area contributed by atoms with Gasteiger partial charge in [0.1, 0.15) is 11.4 Å². The van der Waals surface area contributed by atoms with Crippen LogP contribution in [0.1, 0.15) is 43.2 Å². The molecule has 1 aromatic heterocycles. The lowest BCUT2D eigenvalue weighted by Crippen LogP contribution is -2.39. The summed E-state index contributed by atoms with van der Waals surface area (Å²) in [5, 5.41) is 5.42. The van der Waals surface area contributed by atoms with Gasteiger partial charge in [-0.15, -0.1) is 0 Å². The number of carbonyl (C=O) groups excluding carboxylic acids is 1. The maximum Gasteiger partial charge on any atom is 0.410 e. The summed E-state index contributed by atoms with van der Waals surface area (Å²) in [6.45, 7) is 10.5. The first kappa shape index (κ1) is 18.6. The summed E-state index contributed by atoms with van der Waals surface area (Å²) in [6, 6.07) is 3.94. The third-order valence-corrected chi connectivity index (χ3v) is 4.99. The predicted molar refractivity (Wildman–Crippen MR) is 103 cm³/mol. The first-order valence-corrected chi connectivity index (χ1v) is 9.06. The molecule has 0 atom stereocenters. The molecule has 2 N–H and O–H groups in total. The Morgan fingerprint density at radius 1 is 1.27 bits per heavy atom. The van der Waals surface area contributed by atoms with Gasteiger partial charge in [-0.25, -0.2) is 9.48 Å². The van der Waals surface area contributed by atoms with E-state index in [1.165, 1.54) is 0 Å². The highest BCUT2D eigenvalue weighted by Gasteiger charge is 2.29. The van der Waals surface area contributed by atoms with Gasteiger partial charge >= 0.3 is 6.09 Å². The van der Waals surface area contributed by atoms with E-state index in [0.717, 1.165) is 33.1 Å². The number of rotatable bonds is 1. The lowest BCUT2D eigenvalue weighted by atomic mass is 10.1. The number of fused-ring (bicyclic) bond motifs is 1. The van der Waals surface area contributed by atoms with E-state index in [-0.39, 0.29) is 6.09 Å². The van der Waals surface area contributed by atoms with Crippen LogP contribution in [0.3, 0.4) is 0 Å². The van der Waals surface area contributed by atoms with Crippen LogP contribution < -0.4 is 5.73 Å². The minimum atomic E-state index is -0.522. The van der Waals surface area contributed by atoms with Crippen molar-refractivity contribution in [2.45, 2.75) is 53.2 Å². The van der Waals surface area contributed by atoms with Crippen LogP contribution in [0.4, 0.5) is 10.6 Å². The second kappa shape index (κ2) is 6.50. The molecule has 0 bridgehead atoms. The fourth-order valence-electron chi connectivity index (χ4n) is 3.12. The fourth-order valence-corrected chi connectivity index (χ4v) is 3.23.